The highest BCUT2D eigenvalue weighted by molar-refractivity contribution is 7.92. The Balaban J connectivity index is 1.97. The van der Waals surface area contributed by atoms with Gasteiger partial charge in [-0.25, -0.2) is 12.8 Å². The lowest BCUT2D eigenvalue weighted by atomic mass is 10.1. The summed E-state index contributed by atoms with van der Waals surface area (Å²) in [6.45, 7) is 0. The second-order valence-corrected chi connectivity index (χ2v) is 7.80. The second kappa shape index (κ2) is 5.48. The van der Waals surface area contributed by atoms with E-state index in [-0.39, 0.29) is 4.90 Å². The van der Waals surface area contributed by atoms with Gasteiger partial charge in [-0.3, -0.25) is 0 Å². The van der Waals surface area contributed by atoms with Crippen molar-refractivity contribution in [3.63, 3.8) is 0 Å². The number of sulfone groups is 1. The maximum atomic E-state index is 13.3. The third-order valence-corrected chi connectivity index (χ3v) is 6.40. The summed E-state index contributed by atoms with van der Waals surface area (Å²) in [6.07, 6.45) is 0.633. The van der Waals surface area contributed by atoms with Gasteiger partial charge in [-0.1, -0.05) is 23.7 Å². The highest BCUT2D eigenvalue weighted by Crippen LogP contribution is 2.52. The summed E-state index contributed by atoms with van der Waals surface area (Å²) in [5.41, 5.74) is 0.527. The lowest BCUT2D eigenvalue weighted by molar-refractivity contribution is -0.108. The van der Waals surface area contributed by atoms with E-state index in [1.165, 1.54) is 42.5 Å². The van der Waals surface area contributed by atoms with E-state index < -0.39 is 32.7 Å². The maximum absolute atomic E-state index is 13.3. The summed E-state index contributed by atoms with van der Waals surface area (Å²) in [5.74, 6) is -1.60. The first-order chi connectivity index (χ1) is 10.4. The normalized spacial score (nSPS) is 24.0. The minimum absolute atomic E-state index is 0.118. The molecule has 0 N–H and O–H groups in total. The van der Waals surface area contributed by atoms with E-state index in [0.29, 0.717) is 16.9 Å². The summed E-state index contributed by atoms with van der Waals surface area (Å²) in [6, 6.07) is 11.5. The van der Waals surface area contributed by atoms with Crippen LogP contribution in [0.1, 0.15) is 11.5 Å². The van der Waals surface area contributed by atoms with Crippen molar-refractivity contribution in [3.05, 3.63) is 64.9 Å². The van der Waals surface area contributed by atoms with Gasteiger partial charge < -0.3 is 4.79 Å². The average molecular weight is 339 g/mol. The molecule has 0 bridgehead atoms. The number of carbonyl (C=O) groups excluding carboxylic acids is 1. The molecule has 1 fully saturated rings. The first-order valence-electron chi connectivity index (χ1n) is 6.65. The Morgan fingerprint density at radius 3 is 2.36 bits per heavy atom. The van der Waals surface area contributed by atoms with Crippen LogP contribution in [0.3, 0.4) is 0 Å². The van der Waals surface area contributed by atoms with Gasteiger partial charge in [-0.2, -0.15) is 0 Å². The van der Waals surface area contributed by atoms with Gasteiger partial charge in [0.2, 0.25) is 0 Å². The zero-order valence-corrected chi connectivity index (χ0v) is 12.9. The van der Waals surface area contributed by atoms with E-state index in [4.69, 9.17) is 11.6 Å². The summed E-state index contributed by atoms with van der Waals surface area (Å²) < 4.78 is 38.6. The topological polar surface area (TPSA) is 51.2 Å². The zero-order chi connectivity index (χ0) is 15.9. The molecule has 22 heavy (non-hydrogen) atoms. The van der Waals surface area contributed by atoms with Crippen LogP contribution >= 0.6 is 11.6 Å². The molecule has 0 aliphatic heterocycles. The van der Waals surface area contributed by atoms with Gasteiger partial charge in [0.1, 0.15) is 12.1 Å². The molecule has 1 aliphatic carbocycles. The Labute approximate surface area is 132 Å². The van der Waals surface area contributed by atoms with Crippen molar-refractivity contribution >= 4 is 27.7 Å². The van der Waals surface area contributed by atoms with E-state index >= 15 is 0 Å². The summed E-state index contributed by atoms with van der Waals surface area (Å²) in [5, 5.41) is -0.420. The number of carbonyl (C=O) groups is 1. The number of hydrogen-bond acceptors (Lipinski definition) is 3. The molecular weight excluding hydrogens is 327 g/mol. The number of aldehydes is 1. The van der Waals surface area contributed by atoms with Crippen LogP contribution in [0.15, 0.2) is 53.4 Å². The Bertz CT molecular complexity index is 818. The maximum Gasteiger partial charge on any atom is 0.182 e. The van der Waals surface area contributed by atoms with Crippen LogP contribution in [0.5, 0.6) is 0 Å². The predicted molar refractivity (Wildman–Crippen MR) is 81.1 cm³/mol. The zero-order valence-electron chi connectivity index (χ0n) is 11.3. The van der Waals surface area contributed by atoms with E-state index in [1.54, 1.807) is 6.07 Å². The number of benzene rings is 2. The van der Waals surface area contributed by atoms with Crippen molar-refractivity contribution in [3.8, 4) is 0 Å². The minimum atomic E-state index is -3.67. The predicted octanol–water partition coefficient (Wildman–Crippen LogP) is 3.23. The van der Waals surface area contributed by atoms with Crippen LogP contribution in [0.2, 0.25) is 5.02 Å². The van der Waals surface area contributed by atoms with Crippen molar-refractivity contribution in [1.29, 1.82) is 0 Å². The molecule has 3 atom stereocenters. The molecule has 1 saturated carbocycles. The molecule has 3 nitrogen and oxygen atoms in total. The number of halogens is 2. The Morgan fingerprint density at radius 1 is 1.09 bits per heavy atom. The van der Waals surface area contributed by atoms with Crippen LogP contribution in [-0.4, -0.2) is 20.0 Å². The first-order valence-corrected chi connectivity index (χ1v) is 8.58. The fraction of sp³-hybridized carbons (Fsp3) is 0.188. The van der Waals surface area contributed by atoms with Crippen molar-refractivity contribution in [2.75, 3.05) is 0 Å². The molecule has 0 spiro atoms. The van der Waals surface area contributed by atoms with E-state index in [1.807, 2.05) is 0 Å². The van der Waals surface area contributed by atoms with Crippen molar-refractivity contribution in [2.45, 2.75) is 16.1 Å². The smallest absolute Gasteiger partial charge is 0.182 e. The average Bonchev–Trinajstić information content (AvgIpc) is 3.23. The molecule has 2 aromatic carbocycles. The lowest BCUT2D eigenvalue weighted by Crippen LogP contribution is -2.11. The molecule has 1 aliphatic rings. The summed E-state index contributed by atoms with van der Waals surface area (Å²) in [4.78, 5) is 11.3. The molecule has 0 saturated heterocycles. The molecule has 3 rings (SSSR count). The van der Waals surface area contributed by atoms with E-state index in [0.717, 1.165) is 0 Å². The summed E-state index contributed by atoms with van der Waals surface area (Å²) >= 11 is 5.76. The molecule has 0 unspecified atom stereocenters. The molecule has 0 aromatic heterocycles. The third-order valence-electron chi connectivity index (χ3n) is 3.90. The van der Waals surface area contributed by atoms with Gasteiger partial charge in [0.25, 0.3) is 0 Å². The van der Waals surface area contributed by atoms with Gasteiger partial charge in [-0.15, -0.1) is 0 Å². The first kappa shape index (κ1) is 15.2. The van der Waals surface area contributed by atoms with Crippen molar-refractivity contribution < 1.29 is 17.6 Å². The van der Waals surface area contributed by atoms with Crippen LogP contribution in [-0.2, 0) is 14.6 Å². The lowest BCUT2D eigenvalue weighted by Gasteiger charge is -2.04. The van der Waals surface area contributed by atoms with Crippen LogP contribution < -0.4 is 0 Å². The molecule has 114 valence electrons. The number of rotatable bonds is 4. The highest BCUT2D eigenvalue weighted by Gasteiger charge is 2.59. The van der Waals surface area contributed by atoms with Gasteiger partial charge >= 0.3 is 0 Å². The largest absolute Gasteiger partial charge is 0.303 e. The number of hydrogen-bond donors (Lipinski definition) is 0. The SMILES string of the molecule is O=C[C@@H]1[C@@H](c2cccc(F)c2)[C@H]1S(=O)(=O)c1ccc(Cl)cc1. The van der Waals surface area contributed by atoms with Crippen molar-refractivity contribution in [1.82, 2.24) is 0 Å². The monoisotopic (exact) mass is 338 g/mol. The minimum Gasteiger partial charge on any atom is -0.303 e. The van der Waals surface area contributed by atoms with E-state index in [2.05, 4.69) is 0 Å². The van der Waals surface area contributed by atoms with Gasteiger partial charge in [0, 0.05) is 16.9 Å². The molecule has 6 heteroatoms. The van der Waals surface area contributed by atoms with Gasteiger partial charge in [0.05, 0.1) is 10.1 Å². The van der Waals surface area contributed by atoms with Gasteiger partial charge in [0.15, 0.2) is 9.84 Å². The van der Waals surface area contributed by atoms with Crippen LogP contribution in [0.4, 0.5) is 4.39 Å². The van der Waals surface area contributed by atoms with Crippen LogP contribution in [0, 0.1) is 11.7 Å². The Morgan fingerprint density at radius 2 is 1.77 bits per heavy atom. The van der Waals surface area contributed by atoms with Gasteiger partial charge in [-0.05, 0) is 42.0 Å². The van der Waals surface area contributed by atoms with Crippen molar-refractivity contribution in [2.24, 2.45) is 5.92 Å². The third kappa shape index (κ3) is 2.55. The Kier molecular flexibility index (Phi) is 3.78. The molecular formula is C16H12ClFO3S. The highest BCUT2D eigenvalue weighted by atomic mass is 35.5. The quantitative estimate of drug-likeness (QED) is 0.804. The second-order valence-electron chi connectivity index (χ2n) is 5.26. The Hall–Kier alpha value is -1.72. The standard InChI is InChI=1S/C16H12ClFO3S/c17-11-4-6-13(7-5-11)22(20,21)16-14(9-19)15(16)10-2-1-3-12(18)8-10/h1-9,14-16H/t14-,15-,16+/m1/s1. The molecule has 0 heterocycles. The molecule has 2 aromatic rings. The van der Waals surface area contributed by atoms with E-state index in [9.17, 15) is 17.6 Å². The molecule has 0 amide bonds. The fourth-order valence-electron chi connectivity index (χ4n) is 2.77. The van der Waals surface area contributed by atoms with Crippen LogP contribution in [0.25, 0.3) is 0 Å². The summed E-state index contributed by atoms with van der Waals surface area (Å²) in [7, 11) is -3.67. The molecule has 0 radical (unpaired) electrons. The fourth-order valence-corrected chi connectivity index (χ4v) is 5.01.